The van der Waals surface area contributed by atoms with Crippen LogP contribution in [0, 0.1) is 0 Å². The minimum atomic E-state index is -0.707. The number of nitrogens with one attached hydrogen (secondary N) is 2. The van der Waals surface area contributed by atoms with Crippen LogP contribution in [0.25, 0.3) is 0 Å². The van der Waals surface area contributed by atoms with Crippen LogP contribution >= 0.6 is 0 Å². The first kappa shape index (κ1) is 22.6. The Morgan fingerprint density at radius 1 is 1.07 bits per heavy atom. The number of carbonyl (C=O) groups is 4. The number of carbonyl (C=O) groups excluding carboxylic acids is 4. The average Bonchev–Trinajstić information content (AvgIpc) is 2.70. The lowest BCUT2D eigenvalue weighted by molar-refractivity contribution is -0.138. The van der Waals surface area contributed by atoms with Gasteiger partial charge in [0.15, 0.2) is 0 Å². The molecular weight excluding hydrogens is 370 g/mol. The minimum Gasteiger partial charge on any atom is -0.343 e. The summed E-state index contributed by atoms with van der Waals surface area (Å²) in [4.78, 5) is 49.8. The molecular formula is C22H31N3O4. The van der Waals surface area contributed by atoms with Gasteiger partial charge < -0.3 is 10.2 Å². The van der Waals surface area contributed by atoms with Gasteiger partial charge in [-0.05, 0) is 50.8 Å². The van der Waals surface area contributed by atoms with E-state index in [-0.39, 0.29) is 30.0 Å². The van der Waals surface area contributed by atoms with Gasteiger partial charge in [0.05, 0.1) is 5.41 Å². The quantitative estimate of drug-likeness (QED) is 0.622. The SMILES string of the molecule is CCN(CC)C(=O)CCCC(=O)Nc1ccc(C2(CC)CCC(=O)NC2=O)cc1. The summed E-state index contributed by atoms with van der Waals surface area (Å²) in [5, 5.41) is 5.27. The maximum Gasteiger partial charge on any atom is 0.237 e. The highest BCUT2D eigenvalue weighted by molar-refractivity contribution is 6.03. The summed E-state index contributed by atoms with van der Waals surface area (Å²) in [6, 6.07) is 7.21. The molecule has 1 saturated heterocycles. The molecule has 158 valence electrons. The molecule has 1 aromatic rings. The van der Waals surface area contributed by atoms with Crippen LogP contribution in [0.15, 0.2) is 24.3 Å². The molecule has 1 aromatic carbocycles. The third-order valence-corrected chi connectivity index (χ3v) is 5.70. The zero-order chi connectivity index (χ0) is 21.4. The van der Waals surface area contributed by atoms with Crippen molar-refractivity contribution in [1.29, 1.82) is 0 Å². The maximum absolute atomic E-state index is 12.5. The number of anilines is 1. The summed E-state index contributed by atoms with van der Waals surface area (Å²) in [6.07, 6.45) is 2.55. The summed E-state index contributed by atoms with van der Waals surface area (Å²) in [5.41, 5.74) is 0.779. The fourth-order valence-corrected chi connectivity index (χ4v) is 3.80. The molecule has 2 rings (SSSR count). The van der Waals surface area contributed by atoms with Gasteiger partial charge in [0, 0.05) is 38.0 Å². The smallest absolute Gasteiger partial charge is 0.237 e. The van der Waals surface area contributed by atoms with Gasteiger partial charge in [0.1, 0.15) is 0 Å². The van der Waals surface area contributed by atoms with Gasteiger partial charge in [0.25, 0.3) is 0 Å². The van der Waals surface area contributed by atoms with Crippen molar-refractivity contribution in [2.45, 2.75) is 64.7 Å². The van der Waals surface area contributed by atoms with E-state index in [4.69, 9.17) is 0 Å². The number of imide groups is 1. The number of piperidine rings is 1. The van der Waals surface area contributed by atoms with Crippen LogP contribution < -0.4 is 10.6 Å². The van der Waals surface area contributed by atoms with Gasteiger partial charge in [0.2, 0.25) is 23.6 Å². The van der Waals surface area contributed by atoms with Crippen LogP contribution in [0.4, 0.5) is 5.69 Å². The van der Waals surface area contributed by atoms with Gasteiger partial charge in [-0.1, -0.05) is 19.1 Å². The number of nitrogens with zero attached hydrogens (tertiary/aromatic N) is 1. The molecule has 0 saturated carbocycles. The van der Waals surface area contributed by atoms with E-state index in [0.29, 0.717) is 50.9 Å². The molecule has 7 heteroatoms. The second-order valence-corrected chi connectivity index (χ2v) is 7.36. The molecule has 1 unspecified atom stereocenters. The molecule has 0 bridgehead atoms. The summed E-state index contributed by atoms with van der Waals surface area (Å²) in [6.45, 7) is 7.17. The molecule has 0 spiro atoms. The van der Waals surface area contributed by atoms with Crippen molar-refractivity contribution >= 4 is 29.3 Å². The molecule has 1 aliphatic rings. The van der Waals surface area contributed by atoms with E-state index in [9.17, 15) is 19.2 Å². The largest absolute Gasteiger partial charge is 0.343 e. The Labute approximate surface area is 172 Å². The van der Waals surface area contributed by atoms with E-state index in [2.05, 4.69) is 10.6 Å². The second-order valence-electron chi connectivity index (χ2n) is 7.36. The fourth-order valence-electron chi connectivity index (χ4n) is 3.80. The van der Waals surface area contributed by atoms with Crippen molar-refractivity contribution in [3.8, 4) is 0 Å². The molecule has 1 aliphatic heterocycles. The number of hydrogen-bond donors (Lipinski definition) is 2. The van der Waals surface area contributed by atoms with Crippen LogP contribution in [0.2, 0.25) is 0 Å². The van der Waals surface area contributed by atoms with Crippen LogP contribution in [0.5, 0.6) is 0 Å². The van der Waals surface area contributed by atoms with Crippen molar-refractivity contribution < 1.29 is 19.2 Å². The van der Waals surface area contributed by atoms with Crippen molar-refractivity contribution in [1.82, 2.24) is 10.2 Å². The molecule has 2 N–H and O–H groups in total. The molecule has 1 atom stereocenters. The molecule has 29 heavy (non-hydrogen) atoms. The standard InChI is InChI=1S/C22H31N3O4/c1-4-22(15-14-19(27)24-21(22)29)16-10-12-17(13-11-16)23-18(26)8-7-9-20(28)25(5-2)6-3/h10-13H,4-9,14-15H2,1-3H3,(H,23,26)(H,24,27,29). The van der Waals surface area contributed by atoms with Crippen molar-refractivity contribution in [3.05, 3.63) is 29.8 Å². The number of amides is 4. The van der Waals surface area contributed by atoms with Crippen LogP contribution in [0.1, 0.15) is 64.9 Å². The monoisotopic (exact) mass is 401 g/mol. The molecule has 1 fully saturated rings. The lowest BCUT2D eigenvalue weighted by atomic mass is 9.72. The van der Waals surface area contributed by atoms with Gasteiger partial charge >= 0.3 is 0 Å². The Morgan fingerprint density at radius 2 is 1.72 bits per heavy atom. The van der Waals surface area contributed by atoms with Crippen LogP contribution in [-0.2, 0) is 24.6 Å². The molecule has 0 aromatic heterocycles. The first-order valence-electron chi connectivity index (χ1n) is 10.4. The predicted octanol–water partition coefficient (Wildman–Crippen LogP) is 2.75. The lowest BCUT2D eigenvalue weighted by Crippen LogP contribution is -2.51. The van der Waals surface area contributed by atoms with Gasteiger partial charge in [-0.25, -0.2) is 0 Å². The lowest BCUT2D eigenvalue weighted by Gasteiger charge is -2.35. The fraction of sp³-hybridized carbons (Fsp3) is 0.545. The Hall–Kier alpha value is -2.70. The van der Waals surface area contributed by atoms with E-state index in [1.807, 2.05) is 32.9 Å². The third-order valence-electron chi connectivity index (χ3n) is 5.70. The van der Waals surface area contributed by atoms with Crippen LogP contribution in [0.3, 0.4) is 0 Å². The van der Waals surface area contributed by atoms with Crippen molar-refractivity contribution in [2.24, 2.45) is 0 Å². The van der Waals surface area contributed by atoms with Gasteiger partial charge in [-0.2, -0.15) is 0 Å². The first-order valence-corrected chi connectivity index (χ1v) is 10.4. The molecule has 0 radical (unpaired) electrons. The summed E-state index contributed by atoms with van der Waals surface area (Å²) in [5.74, 6) is -0.564. The number of benzene rings is 1. The highest BCUT2D eigenvalue weighted by atomic mass is 16.2. The molecule has 1 heterocycles. The van der Waals surface area contributed by atoms with E-state index in [1.165, 1.54) is 0 Å². The molecule has 4 amide bonds. The second kappa shape index (κ2) is 10.2. The highest BCUT2D eigenvalue weighted by Gasteiger charge is 2.42. The minimum absolute atomic E-state index is 0.0706. The van der Waals surface area contributed by atoms with Crippen molar-refractivity contribution in [3.63, 3.8) is 0 Å². The summed E-state index contributed by atoms with van der Waals surface area (Å²) in [7, 11) is 0. The first-order chi connectivity index (χ1) is 13.9. The zero-order valence-corrected chi connectivity index (χ0v) is 17.5. The molecule has 0 aliphatic carbocycles. The predicted molar refractivity (Wildman–Crippen MR) is 111 cm³/mol. The number of hydrogen-bond acceptors (Lipinski definition) is 4. The Morgan fingerprint density at radius 3 is 2.28 bits per heavy atom. The summed E-state index contributed by atoms with van der Waals surface area (Å²) < 4.78 is 0. The Kier molecular flexibility index (Phi) is 7.93. The summed E-state index contributed by atoms with van der Waals surface area (Å²) >= 11 is 0. The van der Waals surface area contributed by atoms with E-state index in [1.54, 1.807) is 17.0 Å². The van der Waals surface area contributed by atoms with Crippen LogP contribution in [-0.4, -0.2) is 41.6 Å². The van der Waals surface area contributed by atoms with E-state index in [0.717, 1.165) is 5.56 Å². The Balaban J connectivity index is 1.91. The highest BCUT2D eigenvalue weighted by Crippen LogP contribution is 2.36. The topological polar surface area (TPSA) is 95.6 Å². The van der Waals surface area contributed by atoms with Gasteiger partial charge in [-0.15, -0.1) is 0 Å². The van der Waals surface area contributed by atoms with Gasteiger partial charge in [-0.3, -0.25) is 24.5 Å². The maximum atomic E-state index is 12.5. The van der Waals surface area contributed by atoms with Crippen molar-refractivity contribution in [2.75, 3.05) is 18.4 Å². The Bertz CT molecular complexity index is 756. The normalized spacial score (nSPS) is 18.9. The zero-order valence-electron chi connectivity index (χ0n) is 17.5. The third kappa shape index (κ3) is 5.43. The van der Waals surface area contributed by atoms with E-state index < -0.39 is 5.41 Å². The number of rotatable bonds is 9. The average molecular weight is 402 g/mol. The van der Waals surface area contributed by atoms with E-state index >= 15 is 0 Å². The molecule has 7 nitrogen and oxygen atoms in total.